The molecule has 1 N–H and O–H groups in total. The average molecular weight is 411 g/mol. The number of benzene rings is 1. The van der Waals surface area contributed by atoms with E-state index in [0.717, 1.165) is 11.0 Å². The van der Waals surface area contributed by atoms with Crippen molar-refractivity contribution < 1.29 is 27.0 Å². The van der Waals surface area contributed by atoms with Crippen molar-refractivity contribution in [2.24, 2.45) is 0 Å². The predicted octanol–water partition coefficient (Wildman–Crippen LogP) is 0.551. The van der Waals surface area contributed by atoms with Gasteiger partial charge in [0.1, 0.15) is 12.0 Å². The summed E-state index contributed by atoms with van der Waals surface area (Å²) in [5.74, 6) is -0.768. The van der Waals surface area contributed by atoms with Gasteiger partial charge in [-0.1, -0.05) is 0 Å². The molecular formula is C18H24FN4O4S+. The van der Waals surface area contributed by atoms with Gasteiger partial charge in [0.05, 0.1) is 19.0 Å². The van der Waals surface area contributed by atoms with Crippen molar-refractivity contribution in [2.45, 2.75) is 36.7 Å². The van der Waals surface area contributed by atoms with Gasteiger partial charge in [0, 0.05) is 19.1 Å². The van der Waals surface area contributed by atoms with E-state index in [1.54, 1.807) is 20.2 Å². The van der Waals surface area contributed by atoms with Crippen LogP contribution in [0.2, 0.25) is 0 Å². The standard InChI is InChI=1S/C18H24FN4O4S/c1-12-10-13(19)4-5-16(12)28(26,27)20-14-6-8-23(9-7-14)15-11-21(2)18(25)22(3)17(15)24/h4-5,10-11,14-15,20H,6-9H2,1-3H3/q+1. The topological polar surface area (TPSA) is 89.8 Å². The van der Waals surface area contributed by atoms with Crippen LogP contribution in [0.5, 0.6) is 0 Å². The lowest BCUT2D eigenvalue weighted by molar-refractivity contribution is -0.401. The van der Waals surface area contributed by atoms with Crippen LogP contribution < -0.4 is 4.72 Å². The molecule has 1 fully saturated rings. The van der Waals surface area contributed by atoms with Crippen molar-refractivity contribution in [1.82, 2.24) is 14.5 Å². The molecule has 0 bridgehead atoms. The highest BCUT2D eigenvalue weighted by atomic mass is 32.2. The number of nitrogens with one attached hydrogen (secondary N) is 1. The molecule has 2 aliphatic rings. The Hall–Kier alpha value is -2.17. The zero-order valence-electron chi connectivity index (χ0n) is 16.1. The highest BCUT2D eigenvalue weighted by Crippen LogP contribution is 2.20. The number of piperidine rings is 1. The monoisotopic (exact) mass is 411 g/mol. The third-order valence-electron chi connectivity index (χ3n) is 5.21. The maximum Gasteiger partial charge on any atom is 0.500 e. The number of rotatable bonds is 4. The van der Waals surface area contributed by atoms with Crippen LogP contribution >= 0.6 is 0 Å². The Kier molecular flexibility index (Phi) is 5.64. The first kappa shape index (κ1) is 20.6. The molecule has 3 rings (SSSR count). The Morgan fingerprint density at radius 1 is 1.21 bits per heavy atom. The molecule has 2 heterocycles. The second-order valence-corrected chi connectivity index (χ2v) is 8.91. The lowest BCUT2D eigenvalue weighted by Gasteiger charge is -2.36. The summed E-state index contributed by atoms with van der Waals surface area (Å²) in [5, 5.41) is 0. The van der Waals surface area contributed by atoms with Gasteiger partial charge in [-0.2, -0.15) is 9.69 Å². The van der Waals surface area contributed by atoms with Crippen LogP contribution in [0.3, 0.4) is 0 Å². The average Bonchev–Trinajstić information content (AvgIpc) is 2.63. The van der Waals surface area contributed by atoms with Gasteiger partial charge in [0.25, 0.3) is 0 Å². The number of hydrogen-bond donors (Lipinski definition) is 1. The van der Waals surface area contributed by atoms with Crippen LogP contribution in [-0.4, -0.2) is 80.2 Å². The van der Waals surface area contributed by atoms with E-state index >= 15 is 0 Å². The number of amides is 3. The molecular weight excluding hydrogens is 387 g/mol. The highest BCUT2D eigenvalue weighted by molar-refractivity contribution is 7.89. The second kappa shape index (κ2) is 7.69. The number of halogens is 1. The molecule has 1 atom stereocenters. The molecule has 1 aromatic carbocycles. The first-order valence-corrected chi connectivity index (χ1v) is 10.5. The molecule has 1 aromatic rings. The minimum atomic E-state index is -3.76. The lowest BCUT2D eigenvalue weighted by atomic mass is 10.0. The Balaban J connectivity index is 1.66. The largest absolute Gasteiger partial charge is 0.500 e. The maximum atomic E-state index is 13.2. The van der Waals surface area contributed by atoms with E-state index in [-0.39, 0.29) is 22.9 Å². The summed E-state index contributed by atoms with van der Waals surface area (Å²) in [6.07, 6.45) is 2.65. The molecule has 0 spiro atoms. The number of aryl methyl sites for hydroxylation is 1. The van der Waals surface area contributed by atoms with E-state index < -0.39 is 21.9 Å². The summed E-state index contributed by atoms with van der Waals surface area (Å²) in [7, 11) is -0.704. The van der Waals surface area contributed by atoms with E-state index in [1.165, 1.54) is 23.8 Å². The summed E-state index contributed by atoms with van der Waals surface area (Å²) in [5.41, 5.74) is 0.350. The SMILES string of the molecule is Cc1cc(F)ccc1S(=O)(=O)NC1CCN(C2C=[N+](C)C(=O)N(C)C2=O)CC1. The van der Waals surface area contributed by atoms with Gasteiger partial charge >= 0.3 is 11.9 Å². The number of carbonyl (C=O) groups is 2. The normalized spacial score (nSPS) is 22.5. The molecule has 0 radical (unpaired) electrons. The van der Waals surface area contributed by atoms with Crippen LogP contribution in [0.1, 0.15) is 18.4 Å². The first-order chi connectivity index (χ1) is 13.1. The van der Waals surface area contributed by atoms with Crippen LogP contribution in [0, 0.1) is 12.7 Å². The molecule has 0 aromatic heterocycles. The van der Waals surface area contributed by atoms with Crippen LogP contribution in [0.25, 0.3) is 0 Å². The number of hydrogen-bond acceptors (Lipinski definition) is 5. The van der Waals surface area contributed by atoms with Crippen LogP contribution in [-0.2, 0) is 14.8 Å². The molecule has 3 amide bonds. The quantitative estimate of drug-likeness (QED) is 0.731. The summed E-state index contributed by atoms with van der Waals surface area (Å²) < 4.78 is 42.6. The van der Waals surface area contributed by atoms with Crippen molar-refractivity contribution in [1.29, 1.82) is 0 Å². The van der Waals surface area contributed by atoms with E-state index in [9.17, 15) is 22.4 Å². The van der Waals surface area contributed by atoms with Crippen molar-refractivity contribution >= 4 is 28.2 Å². The minimum Gasteiger partial charge on any atom is -0.284 e. The number of sulfonamides is 1. The number of imide groups is 1. The number of nitrogens with zero attached hydrogens (tertiary/aromatic N) is 3. The summed E-state index contributed by atoms with van der Waals surface area (Å²) >= 11 is 0. The molecule has 1 unspecified atom stereocenters. The smallest absolute Gasteiger partial charge is 0.284 e. The number of carbonyl (C=O) groups excluding carboxylic acids is 2. The Bertz CT molecular complexity index is 939. The van der Waals surface area contributed by atoms with E-state index in [4.69, 9.17) is 0 Å². The van der Waals surface area contributed by atoms with Gasteiger partial charge in [-0.25, -0.2) is 26.9 Å². The number of urea groups is 1. The van der Waals surface area contributed by atoms with E-state index in [0.29, 0.717) is 31.5 Å². The van der Waals surface area contributed by atoms with Crippen molar-refractivity contribution in [3.8, 4) is 0 Å². The van der Waals surface area contributed by atoms with Crippen LogP contribution in [0.15, 0.2) is 23.1 Å². The zero-order valence-corrected chi connectivity index (χ0v) is 16.9. The number of likely N-dealkylation sites (tertiary alicyclic amines) is 1. The molecule has 10 heteroatoms. The summed E-state index contributed by atoms with van der Waals surface area (Å²) in [6.45, 7) is 2.58. The lowest BCUT2D eigenvalue weighted by Crippen LogP contribution is -2.59. The fourth-order valence-corrected chi connectivity index (χ4v) is 5.14. The molecule has 0 saturated carbocycles. The molecule has 152 valence electrons. The van der Waals surface area contributed by atoms with Gasteiger partial charge in [0.15, 0.2) is 6.04 Å². The first-order valence-electron chi connectivity index (χ1n) is 9.02. The molecule has 28 heavy (non-hydrogen) atoms. The van der Waals surface area contributed by atoms with Crippen molar-refractivity contribution in [3.63, 3.8) is 0 Å². The van der Waals surface area contributed by atoms with Crippen LogP contribution in [0.4, 0.5) is 9.18 Å². The summed E-state index contributed by atoms with van der Waals surface area (Å²) in [4.78, 5) is 27.3. The maximum absolute atomic E-state index is 13.2. The van der Waals surface area contributed by atoms with Gasteiger partial charge in [-0.3, -0.25) is 4.90 Å². The third-order valence-corrected chi connectivity index (χ3v) is 6.89. The molecule has 8 nitrogen and oxygen atoms in total. The fourth-order valence-electron chi connectivity index (χ4n) is 3.61. The highest BCUT2D eigenvalue weighted by Gasteiger charge is 2.42. The third kappa shape index (κ3) is 3.98. The van der Waals surface area contributed by atoms with Gasteiger partial charge in [-0.15, -0.1) is 0 Å². The molecule has 0 aliphatic carbocycles. The van der Waals surface area contributed by atoms with Gasteiger partial charge < -0.3 is 0 Å². The zero-order chi connectivity index (χ0) is 20.6. The van der Waals surface area contributed by atoms with Gasteiger partial charge in [-0.05, 0) is 43.5 Å². The minimum absolute atomic E-state index is 0.0638. The van der Waals surface area contributed by atoms with Crippen molar-refractivity contribution in [2.75, 3.05) is 27.2 Å². The van der Waals surface area contributed by atoms with Crippen molar-refractivity contribution in [3.05, 3.63) is 29.6 Å². The Morgan fingerprint density at radius 2 is 1.86 bits per heavy atom. The fraction of sp³-hybridized carbons (Fsp3) is 0.500. The van der Waals surface area contributed by atoms with E-state index in [2.05, 4.69) is 4.72 Å². The van der Waals surface area contributed by atoms with Gasteiger partial charge in [0.2, 0.25) is 10.0 Å². The summed E-state index contributed by atoms with van der Waals surface area (Å²) in [6, 6.07) is 2.39. The second-order valence-electron chi connectivity index (χ2n) is 7.23. The molecule has 1 saturated heterocycles. The number of likely N-dealkylation sites (N-methyl/N-ethyl adjacent to an activating group) is 1. The Labute approximate surface area is 163 Å². The molecule has 2 aliphatic heterocycles. The predicted molar refractivity (Wildman–Crippen MR) is 100 cm³/mol. The Morgan fingerprint density at radius 3 is 2.46 bits per heavy atom. The van der Waals surface area contributed by atoms with E-state index in [1.807, 2.05) is 4.90 Å².